The van der Waals surface area contributed by atoms with Crippen LogP contribution in [0.5, 0.6) is 11.5 Å². The van der Waals surface area contributed by atoms with E-state index in [1.807, 2.05) is 68.5 Å². The van der Waals surface area contributed by atoms with Gasteiger partial charge >= 0.3 is 0 Å². The van der Waals surface area contributed by atoms with Gasteiger partial charge in [0.15, 0.2) is 0 Å². The van der Waals surface area contributed by atoms with Crippen molar-refractivity contribution in [1.82, 2.24) is 5.32 Å². The first-order chi connectivity index (χ1) is 14.8. The van der Waals surface area contributed by atoms with Crippen LogP contribution in [0, 0.1) is 0 Å². The van der Waals surface area contributed by atoms with Gasteiger partial charge < -0.3 is 15.8 Å². The van der Waals surface area contributed by atoms with E-state index >= 15 is 0 Å². The van der Waals surface area contributed by atoms with E-state index in [9.17, 15) is 4.79 Å². The van der Waals surface area contributed by atoms with Crippen molar-refractivity contribution in [1.29, 1.82) is 0 Å². The molecule has 0 radical (unpaired) electrons. The fraction of sp³-hybridized carbons (Fsp3) is 0.148. The van der Waals surface area contributed by atoms with E-state index in [-0.39, 0.29) is 5.91 Å². The van der Waals surface area contributed by atoms with Gasteiger partial charge in [0.2, 0.25) is 0 Å². The van der Waals surface area contributed by atoms with Gasteiger partial charge in [0.05, 0.1) is 5.57 Å². The topological polar surface area (TPSA) is 64.3 Å². The van der Waals surface area contributed by atoms with Crippen LogP contribution in [0.4, 0.5) is 0 Å². The summed E-state index contributed by atoms with van der Waals surface area (Å²) in [5.74, 6) is 1.16. The molecule has 0 aliphatic heterocycles. The highest BCUT2D eigenvalue weighted by Crippen LogP contribution is 2.26. The molecule has 0 fully saturated rings. The number of rotatable bonds is 9. The van der Waals surface area contributed by atoms with Crippen LogP contribution in [0.25, 0.3) is 12.2 Å². The normalized spacial score (nSPS) is 11.5. The molecule has 2 rings (SSSR count). The molecule has 4 heteroatoms. The van der Waals surface area contributed by atoms with Crippen molar-refractivity contribution in [3.8, 4) is 11.5 Å². The minimum atomic E-state index is -0.222. The van der Waals surface area contributed by atoms with Gasteiger partial charge in [-0.3, -0.25) is 4.79 Å². The van der Waals surface area contributed by atoms with Gasteiger partial charge in [-0.05, 0) is 67.8 Å². The fourth-order valence-electron chi connectivity index (χ4n) is 2.83. The van der Waals surface area contributed by atoms with Crippen LogP contribution >= 0.6 is 0 Å². The predicted octanol–water partition coefficient (Wildman–Crippen LogP) is 6.14. The number of hydrogen-bond acceptors (Lipinski definition) is 3. The van der Waals surface area contributed by atoms with E-state index in [4.69, 9.17) is 10.5 Å². The summed E-state index contributed by atoms with van der Waals surface area (Å²) in [6.45, 7) is 13.7. The van der Waals surface area contributed by atoms with Gasteiger partial charge in [0, 0.05) is 12.2 Å². The van der Waals surface area contributed by atoms with Crippen molar-refractivity contribution in [3.63, 3.8) is 0 Å². The SMILES string of the molecule is C=Cc1ccc(Oc2cccc(CNC(=O)C(/C=C\C=C(C)C)=C(/C)N)c2)cc1C=C. The second-order valence-corrected chi connectivity index (χ2v) is 7.33. The first-order valence-electron chi connectivity index (χ1n) is 10.1. The summed E-state index contributed by atoms with van der Waals surface area (Å²) in [5.41, 5.74) is 10.8. The average molecular weight is 415 g/mol. The molecule has 4 nitrogen and oxygen atoms in total. The maximum atomic E-state index is 12.6. The molecule has 0 aromatic heterocycles. The van der Waals surface area contributed by atoms with Gasteiger partial charge in [-0.25, -0.2) is 0 Å². The average Bonchev–Trinajstić information content (AvgIpc) is 2.74. The summed E-state index contributed by atoms with van der Waals surface area (Å²) < 4.78 is 5.99. The van der Waals surface area contributed by atoms with Crippen LogP contribution in [0.1, 0.15) is 37.5 Å². The first-order valence-corrected chi connectivity index (χ1v) is 10.1. The third-order valence-corrected chi connectivity index (χ3v) is 4.45. The lowest BCUT2D eigenvalue weighted by Gasteiger charge is -2.11. The Labute approximate surface area is 185 Å². The molecule has 0 saturated heterocycles. The number of allylic oxidation sites excluding steroid dienone is 4. The molecule has 0 spiro atoms. The molecular weight excluding hydrogens is 384 g/mol. The Hall–Kier alpha value is -3.79. The van der Waals surface area contributed by atoms with Crippen LogP contribution in [0.3, 0.4) is 0 Å². The smallest absolute Gasteiger partial charge is 0.253 e. The van der Waals surface area contributed by atoms with Crippen molar-refractivity contribution in [3.05, 3.63) is 107 Å². The molecule has 1 amide bonds. The van der Waals surface area contributed by atoms with Gasteiger partial charge in [0.25, 0.3) is 5.91 Å². The quantitative estimate of drug-likeness (QED) is 0.383. The Balaban J connectivity index is 2.08. The third-order valence-electron chi connectivity index (χ3n) is 4.45. The minimum Gasteiger partial charge on any atom is -0.457 e. The van der Waals surface area contributed by atoms with Crippen molar-refractivity contribution >= 4 is 18.1 Å². The number of hydrogen-bond donors (Lipinski definition) is 2. The highest BCUT2D eigenvalue weighted by atomic mass is 16.5. The summed E-state index contributed by atoms with van der Waals surface area (Å²) in [5, 5.41) is 2.91. The molecule has 0 aliphatic carbocycles. The zero-order valence-electron chi connectivity index (χ0n) is 18.4. The molecule has 2 aromatic rings. The summed E-state index contributed by atoms with van der Waals surface area (Å²) in [4.78, 5) is 12.6. The maximum absolute atomic E-state index is 12.6. The lowest BCUT2D eigenvalue weighted by molar-refractivity contribution is -0.117. The summed E-state index contributed by atoms with van der Waals surface area (Å²) in [6.07, 6.45) is 9.03. The number of nitrogens with two attached hydrogens (primary N) is 1. The number of carbonyl (C=O) groups is 1. The second kappa shape index (κ2) is 11.4. The molecule has 31 heavy (non-hydrogen) atoms. The molecule has 0 unspecified atom stereocenters. The largest absolute Gasteiger partial charge is 0.457 e. The van der Waals surface area contributed by atoms with Crippen molar-refractivity contribution in [2.45, 2.75) is 27.3 Å². The number of ether oxygens (including phenoxy) is 1. The molecule has 0 aliphatic rings. The molecule has 0 saturated carbocycles. The van der Waals surface area contributed by atoms with Gasteiger partial charge in [-0.2, -0.15) is 0 Å². The molecule has 160 valence electrons. The minimum absolute atomic E-state index is 0.222. The van der Waals surface area contributed by atoms with E-state index in [1.54, 1.807) is 25.2 Å². The van der Waals surface area contributed by atoms with Crippen molar-refractivity contribution < 1.29 is 9.53 Å². The third kappa shape index (κ3) is 7.19. The number of amides is 1. The zero-order valence-corrected chi connectivity index (χ0v) is 18.4. The van der Waals surface area contributed by atoms with Gasteiger partial charge in [-0.15, -0.1) is 0 Å². The first kappa shape index (κ1) is 23.5. The highest BCUT2D eigenvalue weighted by molar-refractivity contribution is 5.96. The van der Waals surface area contributed by atoms with E-state index in [0.717, 1.165) is 22.3 Å². The summed E-state index contributed by atoms with van der Waals surface area (Å²) >= 11 is 0. The Bertz CT molecular complexity index is 1050. The van der Waals surface area contributed by atoms with Crippen LogP contribution in [0.15, 0.2) is 90.7 Å². The summed E-state index contributed by atoms with van der Waals surface area (Å²) in [7, 11) is 0. The molecule has 0 atom stereocenters. The van der Waals surface area contributed by atoms with E-state index in [0.29, 0.717) is 29.3 Å². The monoisotopic (exact) mass is 414 g/mol. The Morgan fingerprint density at radius 1 is 1.03 bits per heavy atom. The number of nitrogens with one attached hydrogen (secondary N) is 1. The lowest BCUT2D eigenvalue weighted by atomic mass is 10.1. The van der Waals surface area contributed by atoms with E-state index in [2.05, 4.69) is 18.5 Å². The Morgan fingerprint density at radius 2 is 1.74 bits per heavy atom. The van der Waals surface area contributed by atoms with Crippen LogP contribution in [0.2, 0.25) is 0 Å². The van der Waals surface area contributed by atoms with Crippen LogP contribution in [-0.4, -0.2) is 5.91 Å². The van der Waals surface area contributed by atoms with Crippen LogP contribution in [-0.2, 0) is 11.3 Å². The van der Waals surface area contributed by atoms with Crippen LogP contribution < -0.4 is 15.8 Å². The second-order valence-electron chi connectivity index (χ2n) is 7.33. The van der Waals surface area contributed by atoms with Crippen molar-refractivity contribution in [2.24, 2.45) is 5.73 Å². The fourth-order valence-corrected chi connectivity index (χ4v) is 2.83. The number of benzene rings is 2. The molecular formula is C27H30N2O2. The molecule has 0 heterocycles. The van der Waals surface area contributed by atoms with E-state index in [1.165, 1.54) is 0 Å². The molecule has 3 N–H and O–H groups in total. The van der Waals surface area contributed by atoms with Crippen molar-refractivity contribution in [2.75, 3.05) is 0 Å². The highest BCUT2D eigenvalue weighted by Gasteiger charge is 2.09. The molecule has 0 bridgehead atoms. The Kier molecular flexibility index (Phi) is 8.64. The maximum Gasteiger partial charge on any atom is 0.253 e. The predicted molar refractivity (Wildman–Crippen MR) is 130 cm³/mol. The summed E-state index contributed by atoms with van der Waals surface area (Å²) in [6, 6.07) is 13.3. The number of carbonyl (C=O) groups excluding carboxylic acids is 1. The van der Waals surface area contributed by atoms with Gasteiger partial charge in [0.1, 0.15) is 11.5 Å². The molecule has 2 aromatic carbocycles. The van der Waals surface area contributed by atoms with Gasteiger partial charge in [-0.1, -0.05) is 61.2 Å². The zero-order chi connectivity index (χ0) is 22.8. The van der Waals surface area contributed by atoms with E-state index < -0.39 is 0 Å². The standard InChI is InChI=1S/C27H30N2O2/c1-6-22-14-15-25(17-23(22)7-2)31-24-12-9-11-21(16-24)18-29-27(30)26(20(5)28)13-8-10-19(3)4/h6-17H,1-2,18,28H2,3-5H3,(H,29,30)/b13-8-,26-20-. The lowest BCUT2D eigenvalue weighted by Crippen LogP contribution is -2.25. The Morgan fingerprint density at radius 3 is 2.39 bits per heavy atom.